The number of benzene rings is 1. The van der Waals surface area contributed by atoms with E-state index in [0.29, 0.717) is 11.3 Å². The number of rotatable bonds is 6. The molecule has 2 fully saturated rings. The van der Waals surface area contributed by atoms with Gasteiger partial charge in [-0.05, 0) is 54.4 Å². The van der Waals surface area contributed by atoms with Gasteiger partial charge in [-0.25, -0.2) is 4.79 Å². The van der Waals surface area contributed by atoms with E-state index in [1.165, 1.54) is 6.92 Å². The molecule has 0 radical (unpaired) electrons. The Morgan fingerprint density at radius 1 is 1.13 bits per heavy atom. The third-order valence-electron chi connectivity index (χ3n) is 6.16. The van der Waals surface area contributed by atoms with E-state index in [0.717, 1.165) is 25.8 Å². The lowest BCUT2D eigenvalue weighted by atomic mass is 9.65. The molecule has 1 heterocycles. The molecule has 1 aliphatic heterocycles. The van der Waals surface area contributed by atoms with E-state index < -0.39 is 23.8 Å². The molecule has 0 aromatic heterocycles. The molecule has 1 aromatic carbocycles. The molecule has 1 aliphatic carbocycles. The van der Waals surface area contributed by atoms with E-state index >= 15 is 0 Å². The number of aliphatic carboxylic acids is 1. The Kier molecular flexibility index (Phi) is 6.11. The minimum Gasteiger partial charge on any atom is -0.480 e. The van der Waals surface area contributed by atoms with Crippen LogP contribution in [0.1, 0.15) is 63.7 Å². The van der Waals surface area contributed by atoms with Crippen LogP contribution in [0.15, 0.2) is 24.3 Å². The van der Waals surface area contributed by atoms with Crippen LogP contribution in [-0.2, 0) is 14.4 Å². The molecule has 31 heavy (non-hydrogen) atoms. The zero-order chi connectivity index (χ0) is 23.0. The van der Waals surface area contributed by atoms with Gasteiger partial charge >= 0.3 is 5.97 Å². The van der Waals surface area contributed by atoms with Crippen LogP contribution < -0.4 is 10.6 Å². The number of carboxylic acid groups (broad SMARTS) is 1. The van der Waals surface area contributed by atoms with Gasteiger partial charge in [-0.15, -0.1) is 0 Å². The number of nitrogens with zero attached hydrogens (tertiary/aromatic N) is 1. The van der Waals surface area contributed by atoms with Crippen LogP contribution in [0.5, 0.6) is 0 Å². The lowest BCUT2D eigenvalue weighted by Crippen LogP contribution is -2.42. The summed E-state index contributed by atoms with van der Waals surface area (Å²) < 4.78 is 0. The Bertz CT molecular complexity index is 895. The van der Waals surface area contributed by atoms with Crippen LogP contribution in [0.2, 0.25) is 0 Å². The van der Waals surface area contributed by atoms with E-state index in [1.54, 1.807) is 24.3 Å². The van der Waals surface area contributed by atoms with Gasteiger partial charge in [0.1, 0.15) is 6.04 Å². The summed E-state index contributed by atoms with van der Waals surface area (Å²) in [6.07, 6.45) is 2.76. The fourth-order valence-corrected chi connectivity index (χ4v) is 5.40. The number of carbonyl (C=O) groups is 4. The van der Waals surface area contributed by atoms with Crippen molar-refractivity contribution in [1.82, 2.24) is 10.2 Å². The third-order valence-corrected chi connectivity index (χ3v) is 6.16. The first-order valence-electron chi connectivity index (χ1n) is 10.6. The zero-order valence-electron chi connectivity index (χ0n) is 18.5. The van der Waals surface area contributed by atoms with Crippen molar-refractivity contribution in [3.05, 3.63) is 29.8 Å². The smallest absolute Gasteiger partial charge is 0.326 e. The van der Waals surface area contributed by atoms with Crippen molar-refractivity contribution in [2.75, 3.05) is 11.9 Å². The van der Waals surface area contributed by atoms with Crippen LogP contribution in [-0.4, -0.2) is 52.3 Å². The summed E-state index contributed by atoms with van der Waals surface area (Å²) in [7, 11) is 0. The quantitative estimate of drug-likeness (QED) is 0.643. The molecule has 3 N–H and O–H groups in total. The minimum absolute atomic E-state index is 0.000834. The molecule has 1 aromatic rings. The second kappa shape index (κ2) is 8.32. The minimum atomic E-state index is -1.29. The van der Waals surface area contributed by atoms with E-state index in [4.69, 9.17) is 5.11 Å². The van der Waals surface area contributed by atoms with Crippen molar-refractivity contribution in [2.24, 2.45) is 10.8 Å². The average molecular weight is 430 g/mol. The standard InChI is InChI=1S/C23H31N3O5/c1-14(27)24-18(21(30)31)9-19(28)25-16-7-5-15(6-8-16)20(29)26-13-23(4)11-17(26)10-22(2,3)12-23/h5-8,17-18H,9-13H2,1-4H3,(H,24,27)(H,25,28)(H,30,31). The number of amides is 3. The highest BCUT2D eigenvalue weighted by Gasteiger charge is 2.51. The van der Waals surface area contributed by atoms with Gasteiger partial charge in [-0.3, -0.25) is 14.4 Å². The SMILES string of the molecule is CC(=O)NC(CC(=O)Nc1ccc(C(=O)N2CC3(C)CC2CC(C)(C)C3)cc1)C(=O)O. The maximum atomic E-state index is 13.1. The highest BCUT2D eigenvalue weighted by atomic mass is 16.4. The fraction of sp³-hybridized carbons (Fsp3) is 0.565. The summed E-state index contributed by atoms with van der Waals surface area (Å²) in [6.45, 7) is 8.75. The van der Waals surface area contributed by atoms with Crippen molar-refractivity contribution in [2.45, 2.75) is 65.5 Å². The molecule has 3 amide bonds. The Labute approximate surface area is 182 Å². The van der Waals surface area contributed by atoms with Gasteiger partial charge in [0.15, 0.2) is 0 Å². The average Bonchev–Trinajstić information content (AvgIpc) is 2.89. The Morgan fingerprint density at radius 2 is 1.77 bits per heavy atom. The lowest BCUT2D eigenvalue weighted by molar-refractivity contribution is -0.142. The predicted molar refractivity (Wildman–Crippen MR) is 115 cm³/mol. The van der Waals surface area contributed by atoms with Crippen LogP contribution in [0.4, 0.5) is 5.69 Å². The topological polar surface area (TPSA) is 116 Å². The number of nitrogens with one attached hydrogen (secondary N) is 2. The van der Waals surface area contributed by atoms with Gasteiger partial charge in [0, 0.05) is 30.8 Å². The molecule has 168 valence electrons. The molecular formula is C23H31N3O5. The number of carboxylic acids is 1. The number of anilines is 1. The molecule has 0 spiro atoms. The zero-order valence-corrected chi connectivity index (χ0v) is 18.5. The van der Waals surface area contributed by atoms with Crippen molar-refractivity contribution < 1.29 is 24.3 Å². The number of hydrogen-bond donors (Lipinski definition) is 3. The second-order valence-electron chi connectivity index (χ2n) is 10.1. The molecule has 3 atom stereocenters. The van der Waals surface area contributed by atoms with Crippen LogP contribution >= 0.6 is 0 Å². The van der Waals surface area contributed by atoms with Gasteiger partial charge < -0.3 is 20.6 Å². The molecule has 8 heteroatoms. The van der Waals surface area contributed by atoms with E-state index in [1.807, 2.05) is 4.90 Å². The van der Waals surface area contributed by atoms with Gasteiger partial charge in [-0.1, -0.05) is 20.8 Å². The van der Waals surface area contributed by atoms with E-state index in [-0.39, 0.29) is 29.2 Å². The monoisotopic (exact) mass is 429 g/mol. The maximum Gasteiger partial charge on any atom is 0.326 e. The largest absolute Gasteiger partial charge is 0.480 e. The molecule has 3 unspecified atom stereocenters. The molecule has 2 aliphatic rings. The summed E-state index contributed by atoms with van der Waals surface area (Å²) >= 11 is 0. The summed E-state index contributed by atoms with van der Waals surface area (Å²) in [5.41, 5.74) is 1.41. The molecule has 8 nitrogen and oxygen atoms in total. The van der Waals surface area contributed by atoms with Crippen molar-refractivity contribution in [3.63, 3.8) is 0 Å². The summed E-state index contributed by atoms with van der Waals surface area (Å²) in [5.74, 6) is -2.34. The summed E-state index contributed by atoms with van der Waals surface area (Å²) in [5, 5.41) is 14.0. The van der Waals surface area contributed by atoms with Crippen LogP contribution in [0.3, 0.4) is 0 Å². The fourth-order valence-electron chi connectivity index (χ4n) is 5.40. The second-order valence-corrected chi connectivity index (χ2v) is 10.1. The summed E-state index contributed by atoms with van der Waals surface area (Å²) in [6, 6.07) is 5.58. The van der Waals surface area contributed by atoms with Crippen molar-refractivity contribution in [1.29, 1.82) is 0 Å². The molecule has 2 bridgehead atoms. The molecule has 1 saturated heterocycles. The normalized spacial score (nSPS) is 24.9. The molecule has 3 rings (SSSR count). The van der Waals surface area contributed by atoms with Gasteiger partial charge in [0.25, 0.3) is 5.91 Å². The Morgan fingerprint density at radius 3 is 2.35 bits per heavy atom. The van der Waals surface area contributed by atoms with Crippen molar-refractivity contribution in [3.8, 4) is 0 Å². The van der Waals surface area contributed by atoms with Crippen LogP contribution in [0, 0.1) is 10.8 Å². The number of fused-ring (bicyclic) bond motifs is 2. The first-order valence-corrected chi connectivity index (χ1v) is 10.6. The highest BCUT2D eigenvalue weighted by Crippen LogP contribution is 2.52. The highest BCUT2D eigenvalue weighted by molar-refractivity contribution is 5.97. The predicted octanol–water partition coefficient (Wildman–Crippen LogP) is 2.65. The van der Waals surface area contributed by atoms with Gasteiger partial charge in [-0.2, -0.15) is 0 Å². The number of carbonyl (C=O) groups excluding carboxylic acids is 3. The van der Waals surface area contributed by atoms with Gasteiger partial charge in [0.2, 0.25) is 11.8 Å². The first kappa shape index (κ1) is 22.8. The Hall–Kier alpha value is -2.90. The number of likely N-dealkylation sites (tertiary alicyclic amines) is 1. The first-order chi connectivity index (χ1) is 14.4. The Balaban J connectivity index is 1.62. The molecular weight excluding hydrogens is 398 g/mol. The van der Waals surface area contributed by atoms with Crippen molar-refractivity contribution >= 4 is 29.4 Å². The van der Waals surface area contributed by atoms with E-state index in [9.17, 15) is 19.2 Å². The maximum absolute atomic E-state index is 13.1. The summed E-state index contributed by atoms with van der Waals surface area (Å²) in [4.78, 5) is 49.5. The van der Waals surface area contributed by atoms with Gasteiger partial charge in [0.05, 0.1) is 6.42 Å². The number of hydrogen-bond acceptors (Lipinski definition) is 4. The third kappa shape index (κ3) is 5.42. The lowest BCUT2D eigenvalue weighted by Gasteiger charge is -2.39. The van der Waals surface area contributed by atoms with Crippen LogP contribution in [0.25, 0.3) is 0 Å². The molecule has 1 saturated carbocycles. The van der Waals surface area contributed by atoms with E-state index in [2.05, 4.69) is 31.4 Å².